The lowest BCUT2D eigenvalue weighted by atomic mass is 9.80. The number of hydrogen-bond donors (Lipinski definition) is 0. The monoisotopic (exact) mass is 431 g/mol. The summed E-state index contributed by atoms with van der Waals surface area (Å²) in [6, 6.07) is 6.10. The fourth-order valence-electron chi connectivity index (χ4n) is 4.70. The molecular weight excluding hydrogens is 409 g/mol. The first-order valence-electron chi connectivity index (χ1n) is 10.0. The standard InChI is InChI=1S/C21H23Cl2N5O/c1-12-19(23)20(26-29-12)13-3-5-14(6-4-13)21-25-24-18-11-27(2)10-15-9-16(22)7-8-17(15)28(18)21/h7-9,13-14H,3-6,10-11H2,1-2H3. The lowest BCUT2D eigenvalue weighted by Gasteiger charge is -2.27. The van der Waals surface area contributed by atoms with Crippen molar-refractivity contribution in [1.82, 2.24) is 24.8 Å². The summed E-state index contributed by atoms with van der Waals surface area (Å²) in [7, 11) is 2.10. The molecule has 0 saturated heterocycles. The van der Waals surface area contributed by atoms with Crippen molar-refractivity contribution < 1.29 is 4.52 Å². The van der Waals surface area contributed by atoms with Gasteiger partial charge < -0.3 is 4.52 Å². The van der Waals surface area contributed by atoms with Crippen molar-refractivity contribution in [3.05, 3.63) is 56.9 Å². The quantitative estimate of drug-likeness (QED) is 0.553. The maximum Gasteiger partial charge on any atom is 0.152 e. The molecule has 0 atom stereocenters. The van der Waals surface area contributed by atoms with Gasteiger partial charge in [0.1, 0.15) is 16.5 Å². The largest absolute Gasteiger partial charge is 0.360 e. The van der Waals surface area contributed by atoms with Crippen molar-refractivity contribution in [1.29, 1.82) is 0 Å². The van der Waals surface area contributed by atoms with Gasteiger partial charge in [0.2, 0.25) is 0 Å². The first kappa shape index (κ1) is 19.1. The van der Waals surface area contributed by atoms with Gasteiger partial charge in [-0.05, 0) is 63.4 Å². The summed E-state index contributed by atoms with van der Waals surface area (Å²) >= 11 is 12.6. The van der Waals surface area contributed by atoms with Crippen LogP contribution < -0.4 is 0 Å². The molecule has 6 nitrogen and oxygen atoms in total. The second-order valence-electron chi connectivity index (χ2n) is 8.24. The van der Waals surface area contributed by atoms with E-state index in [4.69, 9.17) is 27.7 Å². The highest BCUT2D eigenvalue weighted by molar-refractivity contribution is 6.31. The third-order valence-corrected chi connectivity index (χ3v) is 6.88. The number of hydrogen-bond acceptors (Lipinski definition) is 5. The van der Waals surface area contributed by atoms with Crippen LogP contribution in [0.1, 0.15) is 66.2 Å². The minimum absolute atomic E-state index is 0.347. The molecule has 3 aromatic rings. The lowest BCUT2D eigenvalue weighted by Crippen LogP contribution is -2.17. The Balaban J connectivity index is 1.45. The molecule has 29 heavy (non-hydrogen) atoms. The van der Waals surface area contributed by atoms with Gasteiger partial charge in [0.25, 0.3) is 0 Å². The van der Waals surface area contributed by atoms with E-state index in [2.05, 4.69) is 44.0 Å². The van der Waals surface area contributed by atoms with E-state index in [-0.39, 0.29) is 0 Å². The van der Waals surface area contributed by atoms with E-state index >= 15 is 0 Å². The van der Waals surface area contributed by atoms with Gasteiger partial charge in [-0.25, -0.2) is 0 Å². The third kappa shape index (κ3) is 3.37. The molecule has 0 spiro atoms. The van der Waals surface area contributed by atoms with Gasteiger partial charge in [-0.2, -0.15) is 0 Å². The number of benzene rings is 1. The van der Waals surface area contributed by atoms with Crippen molar-refractivity contribution in [3.8, 4) is 5.69 Å². The second-order valence-corrected chi connectivity index (χ2v) is 9.06. The van der Waals surface area contributed by atoms with Crippen LogP contribution in [-0.2, 0) is 13.1 Å². The molecule has 2 aromatic heterocycles. The maximum absolute atomic E-state index is 6.38. The Hall–Kier alpha value is -1.89. The number of halogens is 2. The van der Waals surface area contributed by atoms with E-state index in [0.29, 0.717) is 22.6 Å². The normalized spacial score (nSPS) is 22.2. The predicted octanol–water partition coefficient (Wildman–Crippen LogP) is 5.26. The molecule has 1 aliphatic heterocycles. The number of fused-ring (bicyclic) bond motifs is 3. The highest BCUT2D eigenvalue weighted by Gasteiger charge is 2.32. The molecule has 1 aromatic carbocycles. The summed E-state index contributed by atoms with van der Waals surface area (Å²) in [5.74, 6) is 3.46. The van der Waals surface area contributed by atoms with Crippen molar-refractivity contribution in [2.24, 2.45) is 0 Å². The van der Waals surface area contributed by atoms with Gasteiger partial charge in [-0.15, -0.1) is 10.2 Å². The molecular formula is C21H23Cl2N5O. The summed E-state index contributed by atoms with van der Waals surface area (Å²) in [5.41, 5.74) is 3.26. The second kappa shape index (κ2) is 7.42. The number of aromatic nitrogens is 4. The Bertz CT molecular complexity index is 1050. The molecule has 152 valence electrons. The highest BCUT2D eigenvalue weighted by atomic mass is 35.5. The van der Waals surface area contributed by atoms with Crippen LogP contribution in [0, 0.1) is 6.92 Å². The average Bonchev–Trinajstić information content (AvgIpc) is 3.22. The van der Waals surface area contributed by atoms with Crippen LogP contribution in [0.4, 0.5) is 0 Å². The Morgan fingerprint density at radius 3 is 2.52 bits per heavy atom. The first-order chi connectivity index (χ1) is 14.0. The van der Waals surface area contributed by atoms with Crippen molar-refractivity contribution in [2.45, 2.75) is 57.5 Å². The molecule has 0 radical (unpaired) electrons. The van der Waals surface area contributed by atoms with Gasteiger partial charge in [0.15, 0.2) is 11.6 Å². The van der Waals surface area contributed by atoms with Crippen molar-refractivity contribution in [2.75, 3.05) is 7.05 Å². The van der Waals surface area contributed by atoms with Gasteiger partial charge in [0, 0.05) is 23.4 Å². The molecule has 0 N–H and O–H groups in total. The molecule has 0 amide bonds. The van der Waals surface area contributed by atoms with Gasteiger partial charge >= 0.3 is 0 Å². The SMILES string of the molecule is Cc1onc(C2CCC(c3nnc4n3-c3ccc(Cl)cc3CN(C)C4)CC2)c1Cl. The fourth-order valence-corrected chi connectivity index (χ4v) is 5.12. The van der Waals surface area contributed by atoms with Crippen LogP contribution in [0.5, 0.6) is 0 Å². The zero-order valence-corrected chi connectivity index (χ0v) is 18.0. The molecule has 1 aliphatic carbocycles. The summed E-state index contributed by atoms with van der Waals surface area (Å²) in [5, 5.41) is 14.8. The first-order valence-corrected chi connectivity index (χ1v) is 10.8. The molecule has 5 rings (SSSR count). The summed E-state index contributed by atoms with van der Waals surface area (Å²) in [6.45, 7) is 3.47. The number of rotatable bonds is 2. The van der Waals surface area contributed by atoms with E-state index in [9.17, 15) is 0 Å². The minimum atomic E-state index is 0.347. The summed E-state index contributed by atoms with van der Waals surface area (Å²) in [6.07, 6.45) is 4.10. The van der Waals surface area contributed by atoms with E-state index in [0.717, 1.165) is 66.8 Å². The number of aryl methyl sites for hydroxylation is 1. The number of nitrogens with zero attached hydrogens (tertiary/aromatic N) is 5. The lowest BCUT2D eigenvalue weighted by molar-refractivity contribution is 0.315. The Morgan fingerprint density at radius 1 is 1.03 bits per heavy atom. The third-order valence-electron chi connectivity index (χ3n) is 6.18. The van der Waals surface area contributed by atoms with Crippen LogP contribution in [-0.4, -0.2) is 31.9 Å². The fraction of sp³-hybridized carbons (Fsp3) is 0.476. The maximum atomic E-state index is 6.38. The average molecular weight is 432 g/mol. The molecule has 3 heterocycles. The molecule has 8 heteroatoms. The zero-order chi connectivity index (χ0) is 20.1. The zero-order valence-electron chi connectivity index (χ0n) is 16.5. The van der Waals surface area contributed by atoms with Gasteiger partial charge in [0.05, 0.1) is 12.2 Å². The summed E-state index contributed by atoms with van der Waals surface area (Å²) in [4.78, 5) is 2.25. The van der Waals surface area contributed by atoms with Gasteiger partial charge in [-0.1, -0.05) is 28.4 Å². The molecule has 1 saturated carbocycles. The van der Waals surface area contributed by atoms with E-state index < -0.39 is 0 Å². The van der Waals surface area contributed by atoms with Crippen LogP contribution in [0.15, 0.2) is 22.7 Å². The van der Waals surface area contributed by atoms with Crippen molar-refractivity contribution >= 4 is 23.2 Å². The predicted molar refractivity (Wildman–Crippen MR) is 112 cm³/mol. The highest BCUT2D eigenvalue weighted by Crippen LogP contribution is 2.43. The van der Waals surface area contributed by atoms with Crippen LogP contribution in [0.2, 0.25) is 10.0 Å². The van der Waals surface area contributed by atoms with Gasteiger partial charge in [-0.3, -0.25) is 9.47 Å². The topological polar surface area (TPSA) is 60.0 Å². The van der Waals surface area contributed by atoms with Crippen LogP contribution >= 0.6 is 23.2 Å². The summed E-state index contributed by atoms with van der Waals surface area (Å²) < 4.78 is 7.53. The smallest absolute Gasteiger partial charge is 0.152 e. The Labute approximate surface area is 179 Å². The molecule has 1 fully saturated rings. The molecule has 0 unspecified atom stereocenters. The Kier molecular flexibility index (Phi) is 4.88. The van der Waals surface area contributed by atoms with Crippen molar-refractivity contribution in [3.63, 3.8) is 0 Å². The minimum Gasteiger partial charge on any atom is -0.360 e. The van der Waals surface area contributed by atoms with E-state index in [1.807, 2.05) is 13.0 Å². The Morgan fingerprint density at radius 2 is 1.79 bits per heavy atom. The van der Waals surface area contributed by atoms with Crippen LogP contribution in [0.3, 0.4) is 0 Å². The van der Waals surface area contributed by atoms with E-state index in [1.54, 1.807) is 0 Å². The van der Waals surface area contributed by atoms with Crippen LogP contribution in [0.25, 0.3) is 5.69 Å². The molecule has 0 bridgehead atoms. The van der Waals surface area contributed by atoms with E-state index in [1.165, 1.54) is 5.56 Å². The molecule has 2 aliphatic rings.